The second-order valence-corrected chi connectivity index (χ2v) is 7.14. The van der Waals surface area contributed by atoms with Crippen LogP contribution >= 0.6 is 0 Å². The maximum atomic E-state index is 11.8. The number of ketones is 1. The molecule has 94 valence electrons. The normalized spacial score (nSPS) is 11.8. The maximum Gasteiger partial charge on any atom is 0.177 e. The Labute approximate surface area is 103 Å². The molecule has 0 saturated heterocycles. The molecule has 0 saturated carbocycles. The molecule has 1 rings (SSSR count). The highest BCUT2D eigenvalue weighted by Crippen LogP contribution is 2.12. The quantitative estimate of drug-likeness (QED) is 0.775. The number of rotatable bonds is 4. The first kappa shape index (κ1) is 13.9. The van der Waals surface area contributed by atoms with Crippen molar-refractivity contribution in [3.05, 3.63) is 34.9 Å². The zero-order valence-corrected chi connectivity index (χ0v) is 11.5. The number of benzene rings is 1. The lowest BCUT2D eigenvalue weighted by molar-refractivity contribution is 0.102. The van der Waals surface area contributed by atoms with Gasteiger partial charge in [-0.3, -0.25) is 4.79 Å². The molecule has 0 atom stereocenters. The van der Waals surface area contributed by atoms with Crippen LogP contribution in [0.1, 0.15) is 35.3 Å². The lowest BCUT2D eigenvalue weighted by Crippen LogP contribution is -2.23. The molecule has 0 aromatic heterocycles. The minimum Gasteiger partial charge on any atom is -0.293 e. The van der Waals surface area contributed by atoms with Gasteiger partial charge in [0.15, 0.2) is 15.6 Å². The molecule has 0 aliphatic rings. The average molecular weight is 254 g/mol. The van der Waals surface area contributed by atoms with Gasteiger partial charge >= 0.3 is 0 Å². The Morgan fingerprint density at radius 3 is 2.24 bits per heavy atom. The van der Waals surface area contributed by atoms with Gasteiger partial charge in [0.25, 0.3) is 0 Å². The minimum atomic E-state index is -3.32. The first-order chi connectivity index (χ1) is 7.74. The summed E-state index contributed by atoms with van der Waals surface area (Å²) in [4.78, 5) is 11.8. The van der Waals surface area contributed by atoms with Gasteiger partial charge in [0.05, 0.1) is 5.25 Å². The largest absolute Gasteiger partial charge is 0.293 e. The van der Waals surface area contributed by atoms with Crippen LogP contribution in [0.5, 0.6) is 0 Å². The number of Topliss-reactive ketones (excluding diaryl/α,β-unsaturated/α-hetero) is 1. The average Bonchev–Trinajstić information content (AvgIpc) is 2.21. The second-order valence-electron chi connectivity index (χ2n) is 4.58. The zero-order valence-electron chi connectivity index (χ0n) is 10.6. The number of hydrogen-bond acceptors (Lipinski definition) is 3. The van der Waals surface area contributed by atoms with Crippen LogP contribution in [-0.2, 0) is 9.84 Å². The van der Waals surface area contributed by atoms with Gasteiger partial charge in [-0.15, -0.1) is 0 Å². The molecule has 0 aliphatic heterocycles. The van der Waals surface area contributed by atoms with Crippen LogP contribution in [0.4, 0.5) is 0 Å². The molecular formula is C13H18O3S. The summed E-state index contributed by atoms with van der Waals surface area (Å²) in [6.07, 6.45) is 0. The van der Waals surface area contributed by atoms with Crippen LogP contribution in [0.25, 0.3) is 0 Å². The summed E-state index contributed by atoms with van der Waals surface area (Å²) in [6.45, 7) is 7.03. The molecular weight excluding hydrogens is 236 g/mol. The van der Waals surface area contributed by atoms with Crippen molar-refractivity contribution in [2.75, 3.05) is 5.75 Å². The number of aryl methyl sites for hydroxylation is 2. The van der Waals surface area contributed by atoms with Crippen molar-refractivity contribution in [3.63, 3.8) is 0 Å². The molecule has 4 heteroatoms. The third-order valence-corrected chi connectivity index (χ3v) is 4.98. The van der Waals surface area contributed by atoms with Gasteiger partial charge in [-0.05, 0) is 44.9 Å². The van der Waals surface area contributed by atoms with Crippen LogP contribution in [0, 0.1) is 13.8 Å². The molecule has 0 bridgehead atoms. The fourth-order valence-electron chi connectivity index (χ4n) is 1.35. The molecule has 17 heavy (non-hydrogen) atoms. The van der Waals surface area contributed by atoms with E-state index in [1.54, 1.807) is 26.0 Å². The molecule has 1 aromatic rings. The van der Waals surface area contributed by atoms with Crippen molar-refractivity contribution in [2.45, 2.75) is 32.9 Å². The Hall–Kier alpha value is -1.16. The Kier molecular flexibility index (Phi) is 4.09. The highest BCUT2D eigenvalue weighted by atomic mass is 32.2. The number of hydrogen-bond donors (Lipinski definition) is 0. The van der Waals surface area contributed by atoms with Crippen LogP contribution in [0.2, 0.25) is 0 Å². The predicted octanol–water partition coefficient (Wildman–Crippen LogP) is 2.31. The SMILES string of the molecule is Cc1ccc(C(=O)CS(=O)(=O)C(C)C)cc1C. The van der Waals surface area contributed by atoms with Crippen molar-refractivity contribution < 1.29 is 13.2 Å². The van der Waals surface area contributed by atoms with E-state index in [4.69, 9.17) is 0 Å². The molecule has 0 spiro atoms. The first-order valence-electron chi connectivity index (χ1n) is 5.56. The summed E-state index contributed by atoms with van der Waals surface area (Å²) in [5, 5.41) is -0.516. The van der Waals surface area contributed by atoms with Crippen LogP contribution in [0.15, 0.2) is 18.2 Å². The molecule has 0 amide bonds. The van der Waals surface area contributed by atoms with Crippen LogP contribution < -0.4 is 0 Å². The third-order valence-electron chi connectivity index (χ3n) is 2.88. The summed E-state index contributed by atoms with van der Waals surface area (Å²) in [5.74, 6) is -0.741. The molecule has 0 heterocycles. The molecule has 0 N–H and O–H groups in total. The van der Waals surface area contributed by atoms with Gasteiger partial charge in [0.1, 0.15) is 5.75 Å². The minimum absolute atomic E-state index is 0.332. The Morgan fingerprint density at radius 1 is 1.18 bits per heavy atom. The number of carbonyl (C=O) groups excluding carboxylic acids is 1. The van der Waals surface area contributed by atoms with E-state index in [1.807, 2.05) is 19.9 Å². The highest BCUT2D eigenvalue weighted by Gasteiger charge is 2.21. The summed E-state index contributed by atoms with van der Waals surface area (Å²) < 4.78 is 23.3. The van der Waals surface area contributed by atoms with Crippen molar-refractivity contribution >= 4 is 15.6 Å². The molecule has 1 aromatic carbocycles. The first-order valence-corrected chi connectivity index (χ1v) is 7.27. The lowest BCUT2D eigenvalue weighted by atomic mass is 10.0. The Balaban J connectivity index is 2.95. The van der Waals surface area contributed by atoms with Crippen molar-refractivity contribution in [1.29, 1.82) is 0 Å². The standard InChI is InChI=1S/C13H18O3S/c1-9(2)17(15,16)8-13(14)12-6-5-10(3)11(4)7-12/h5-7,9H,8H2,1-4H3. The summed E-state index contributed by atoms with van der Waals surface area (Å²) in [5.41, 5.74) is 2.56. The van der Waals surface area contributed by atoms with Gasteiger partial charge in [-0.2, -0.15) is 0 Å². The van der Waals surface area contributed by atoms with Crippen molar-refractivity contribution in [1.82, 2.24) is 0 Å². The van der Waals surface area contributed by atoms with E-state index in [0.29, 0.717) is 5.56 Å². The molecule has 0 radical (unpaired) electrons. The van der Waals surface area contributed by atoms with Gasteiger partial charge in [0.2, 0.25) is 0 Å². The number of sulfone groups is 1. The number of carbonyl (C=O) groups is 1. The van der Waals surface area contributed by atoms with Crippen LogP contribution in [0.3, 0.4) is 0 Å². The zero-order chi connectivity index (χ0) is 13.2. The summed E-state index contributed by atoms with van der Waals surface area (Å²) >= 11 is 0. The fraction of sp³-hybridized carbons (Fsp3) is 0.462. The third kappa shape index (κ3) is 3.40. The Bertz CT molecular complexity index is 528. The van der Waals surface area contributed by atoms with Crippen molar-refractivity contribution in [3.8, 4) is 0 Å². The van der Waals surface area contributed by atoms with E-state index >= 15 is 0 Å². The molecule has 3 nitrogen and oxygen atoms in total. The van der Waals surface area contributed by atoms with E-state index in [2.05, 4.69) is 0 Å². The van der Waals surface area contributed by atoms with E-state index in [-0.39, 0.29) is 5.78 Å². The van der Waals surface area contributed by atoms with E-state index in [0.717, 1.165) is 11.1 Å². The van der Waals surface area contributed by atoms with E-state index in [9.17, 15) is 13.2 Å². The Morgan fingerprint density at radius 2 is 1.76 bits per heavy atom. The van der Waals surface area contributed by atoms with E-state index < -0.39 is 20.8 Å². The fourth-order valence-corrected chi connectivity index (χ4v) is 2.21. The van der Waals surface area contributed by atoms with E-state index in [1.165, 1.54) is 0 Å². The summed E-state index contributed by atoms with van der Waals surface area (Å²) in [7, 11) is -3.32. The smallest absolute Gasteiger partial charge is 0.177 e. The maximum absolute atomic E-state index is 11.8. The molecule has 0 fully saturated rings. The van der Waals surface area contributed by atoms with Gasteiger partial charge in [-0.1, -0.05) is 12.1 Å². The molecule has 0 aliphatic carbocycles. The second kappa shape index (κ2) is 5.00. The van der Waals surface area contributed by atoms with Gasteiger partial charge in [-0.25, -0.2) is 8.42 Å². The molecule has 0 unspecified atom stereocenters. The van der Waals surface area contributed by atoms with Crippen molar-refractivity contribution in [2.24, 2.45) is 0 Å². The van der Waals surface area contributed by atoms with Gasteiger partial charge < -0.3 is 0 Å². The van der Waals surface area contributed by atoms with Crippen LogP contribution in [-0.4, -0.2) is 25.2 Å². The predicted molar refractivity (Wildman–Crippen MR) is 69.2 cm³/mol. The lowest BCUT2D eigenvalue weighted by Gasteiger charge is -2.08. The monoisotopic (exact) mass is 254 g/mol. The topological polar surface area (TPSA) is 51.2 Å². The highest BCUT2D eigenvalue weighted by molar-refractivity contribution is 7.92. The summed E-state index contributed by atoms with van der Waals surface area (Å²) in [6, 6.07) is 5.26. The van der Waals surface area contributed by atoms with Gasteiger partial charge in [0, 0.05) is 5.56 Å².